The molecule has 122 valence electrons. The summed E-state index contributed by atoms with van der Waals surface area (Å²) in [6.45, 7) is 3.39. The number of hydrogen-bond donors (Lipinski definition) is 1. The first-order chi connectivity index (χ1) is 10.9. The van der Waals surface area contributed by atoms with Crippen LogP contribution in [0.1, 0.15) is 40.2 Å². The smallest absolute Gasteiger partial charge is 0.292 e. The number of aromatic nitrogens is 1. The lowest BCUT2D eigenvalue weighted by Crippen LogP contribution is -2.32. The zero-order valence-corrected chi connectivity index (χ0v) is 12.7. The van der Waals surface area contributed by atoms with E-state index in [9.17, 15) is 18.7 Å². The minimum Gasteiger partial charge on any atom is -0.436 e. The van der Waals surface area contributed by atoms with Crippen molar-refractivity contribution in [3.05, 3.63) is 52.7 Å². The fraction of sp³-hybridized carbons (Fsp3) is 0.375. The van der Waals surface area contributed by atoms with Crippen molar-refractivity contribution >= 4 is 5.91 Å². The molecule has 2 atom stereocenters. The van der Waals surface area contributed by atoms with Gasteiger partial charge in [0.25, 0.3) is 5.91 Å². The molecule has 1 saturated heterocycles. The molecule has 1 aromatic carbocycles. The summed E-state index contributed by atoms with van der Waals surface area (Å²) in [5, 5.41) is 9.92. The van der Waals surface area contributed by atoms with Gasteiger partial charge >= 0.3 is 0 Å². The van der Waals surface area contributed by atoms with E-state index in [2.05, 4.69) is 4.98 Å². The molecule has 0 saturated carbocycles. The third-order valence-electron chi connectivity index (χ3n) is 3.97. The lowest BCUT2D eigenvalue weighted by atomic mass is 10.0. The molecule has 2 aromatic rings. The van der Waals surface area contributed by atoms with Gasteiger partial charge in [-0.15, -0.1) is 0 Å². The molecule has 0 spiro atoms. The van der Waals surface area contributed by atoms with Gasteiger partial charge in [0.15, 0.2) is 17.5 Å². The van der Waals surface area contributed by atoms with E-state index in [4.69, 9.17) is 4.42 Å². The van der Waals surface area contributed by atoms with Crippen molar-refractivity contribution in [3.63, 3.8) is 0 Å². The van der Waals surface area contributed by atoms with Crippen molar-refractivity contribution in [1.29, 1.82) is 0 Å². The largest absolute Gasteiger partial charge is 0.436 e. The van der Waals surface area contributed by atoms with Crippen LogP contribution < -0.4 is 0 Å². The van der Waals surface area contributed by atoms with Gasteiger partial charge in [-0.1, -0.05) is 6.07 Å². The molecule has 1 aromatic heterocycles. The highest BCUT2D eigenvalue weighted by Gasteiger charge is 2.38. The van der Waals surface area contributed by atoms with Gasteiger partial charge in [-0.3, -0.25) is 4.79 Å². The summed E-state index contributed by atoms with van der Waals surface area (Å²) >= 11 is 0. The molecule has 23 heavy (non-hydrogen) atoms. The van der Waals surface area contributed by atoms with Crippen LogP contribution in [0, 0.1) is 25.5 Å². The summed E-state index contributed by atoms with van der Waals surface area (Å²) in [7, 11) is 0. The molecular weight excluding hydrogens is 306 g/mol. The van der Waals surface area contributed by atoms with Gasteiger partial charge in [0.1, 0.15) is 0 Å². The third-order valence-corrected chi connectivity index (χ3v) is 3.97. The second-order valence-electron chi connectivity index (χ2n) is 5.68. The molecule has 1 N–H and O–H groups in total. The fourth-order valence-corrected chi connectivity index (χ4v) is 2.93. The summed E-state index contributed by atoms with van der Waals surface area (Å²) in [5.41, 5.74) is 0.889. The zero-order valence-electron chi connectivity index (χ0n) is 12.7. The molecule has 0 radical (unpaired) electrons. The third kappa shape index (κ3) is 2.84. The molecule has 0 aliphatic carbocycles. The predicted molar refractivity (Wildman–Crippen MR) is 76.7 cm³/mol. The van der Waals surface area contributed by atoms with Gasteiger partial charge in [0.05, 0.1) is 17.8 Å². The minimum absolute atomic E-state index is 0.0989. The molecule has 0 unspecified atom stereocenters. The van der Waals surface area contributed by atoms with E-state index < -0.39 is 29.7 Å². The van der Waals surface area contributed by atoms with Crippen molar-refractivity contribution < 1.29 is 23.1 Å². The van der Waals surface area contributed by atoms with Gasteiger partial charge in [-0.05, 0) is 31.0 Å². The number of nitrogens with zero attached hydrogens (tertiary/aromatic N) is 2. The lowest BCUT2D eigenvalue weighted by molar-refractivity contribution is 0.0681. The highest BCUT2D eigenvalue weighted by molar-refractivity contribution is 5.93. The van der Waals surface area contributed by atoms with E-state index in [1.807, 2.05) is 0 Å². The topological polar surface area (TPSA) is 66.6 Å². The van der Waals surface area contributed by atoms with Gasteiger partial charge in [-0.25, -0.2) is 13.8 Å². The first-order valence-electron chi connectivity index (χ1n) is 7.25. The Kier molecular flexibility index (Phi) is 3.89. The maximum atomic E-state index is 13.5. The average molecular weight is 322 g/mol. The zero-order chi connectivity index (χ0) is 16.7. The van der Waals surface area contributed by atoms with E-state index in [1.54, 1.807) is 13.8 Å². The van der Waals surface area contributed by atoms with Crippen LogP contribution in [0.2, 0.25) is 0 Å². The summed E-state index contributed by atoms with van der Waals surface area (Å²) in [5.74, 6) is -1.89. The molecule has 1 amide bonds. The van der Waals surface area contributed by atoms with Crippen LogP contribution in [0.25, 0.3) is 0 Å². The number of amides is 1. The molecule has 7 heteroatoms. The molecule has 3 rings (SSSR count). The van der Waals surface area contributed by atoms with Crippen LogP contribution in [0.4, 0.5) is 8.78 Å². The normalized spacial score (nSPS) is 21.0. The number of oxazole rings is 1. The standard InChI is InChI=1S/C16H16F2N2O3/c1-8-15(23-9(2)19-8)16(22)20-7-11(21)6-14(20)10-3-4-12(17)13(18)5-10/h3-5,11,14,21H,6-7H2,1-2H3/t11-,14-/m1/s1. The number of hydrogen-bond acceptors (Lipinski definition) is 4. The van der Waals surface area contributed by atoms with Gasteiger partial charge in [-0.2, -0.15) is 0 Å². The number of carbonyl (C=O) groups excluding carboxylic acids is 1. The van der Waals surface area contributed by atoms with Crippen LogP contribution in [0.5, 0.6) is 0 Å². The summed E-state index contributed by atoms with van der Waals surface area (Å²) in [4.78, 5) is 18.1. The fourth-order valence-electron chi connectivity index (χ4n) is 2.93. The van der Waals surface area contributed by atoms with Crippen LogP contribution in [0.3, 0.4) is 0 Å². The molecule has 1 aliphatic rings. The molecule has 1 aliphatic heterocycles. The molecule has 2 heterocycles. The van der Waals surface area contributed by atoms with Crippen molar-refractivity contribution in [2.75, 3.05) is 6.54 Å². The molecular formula is C16H16F2N2O3. The van der Waals surface area contributed by atoms with Crippen LogP contribution in [-0.4, -0.2) is 33.5 Å². The Morgan fingerprint density at radius 3 is 2.70 bits per heavy atom. The predicted octanol–water partition coefficient (Wildman–Crippen LogP) is 2.52. The number of likely N-dealkylation sites (tertiary alicyclic amines) is 1. The van der Waals surface area contributed by atoms with Crippen molar-refractivity contribution in [3.8, 4) is 0 Å². The van der Waals surface area contributed by atoms with E-state index in [0.29, 0.717) is 17.1 Å². The van der Waals surface area contributed by atoms with Gasteiger partial charge in [0.2, 0.25) is 5.76 Å². The van der Waals surface area contributed by atoms with E-state index in [1.165, 1.54) is 11.0 Å². The monoisotopic (exact) mass is 322 g/mol. The van der Waals surface area contributed by atoms with Crippen LogP contribution >= 0.6 is 0 Å². The maximum Gasteiger partial charge on any atom is 0.292 e. The number of β-amino-alcohol motifs (C(OH)–C–C–N with tert-alkyl or cyclic N) is 1. The number of carbonyl (C=O) groups is 1. The SMILES string of the molecule is Cc1nc(C)c(C(=O)N2C[C@H](O)C[C@@H]2c2ccc(F)c(F)c2)o1. The van der Waals surface area contributed by atoms with Crippen LogP contribution in [0.15, 0.2) is 22.6 Å². The average Bonchev–Trinajstić information content (AvgIpc) is 3.03. The number of aryl methyl sites for hydroxylation is 2. The Bertz CT molecular complexity index is 760. The molecule has 5 nitrogen and oxygen atoms in total. The summed E-state index contributed by atoms with van der Waals surface area (Å²) in [6.07, 6.45) is -0.482. The Labute approximate surface area is 131 Å². The number of rotatable bonds is 2. The van der Waals surface area contributed by atoms with Gasteiger partial charge in [0, 0.05) is 13.5 Å². The molecule has 0 bridgehead atoms. The van der Waals surface area contributed by atoms with Crippen molar-refractivity contribution in [2.24, 2.45) is 0 Å². The second kappa shape index (κ2) is 5.73. The van der Waals surface area contributed by atoms with E-state index >= 15 is 0 Å². The highest BCUT2D eigenvalue weighted by atomic mass is 19.2. The van der Waals surface area contributed by atoms with Crippen molar-refractivity contribution in [1.82, 2.24) is 9.88 Å². The first kappa shape index (κ1) is 15.6. The Morgan fingerprint density at radius 1 is 1.35 bits per heavy atom. The lowest BCUT2D eigenvalue weighted by Gasteiger charge is -2.24. The Morgan fingerprint density at radius 2 is 2.09 bits per heavy atom. The minimum atomic E-state index is -0.983. The number of halogens is 2. The van der Waals surface area contributed by atoms with Gasteiger partial charge < -0.3 is 14.4 Å². The Hall–Kier alpha value is -2.28. The molecule has 1 fully saturated rings. The van der Waals surface area contributed by atoms with E-state index in [-0.39, 0.29) is 18.7 Å². The van der Waals surface area contributed by atoms with E-state index in [0.717, 1.165) is 12.1 Å². The van der Waals surface area contributed by atoms with Crippen LogP contribution in [-0.2, 0) is 0 Å². The maximum absolute atomic E-state index is 13.5. The Balaban J connectivity index is 1.94. The number of benzene rings is 1. The van der Waals surface area contributed by atoms with Crippen molar-refractivity contribution in [2.45, 2.75) is 32.4 Å². The first-order valence-corrected chi connectivity index (χ1v) is 7.25. The summed E-state index contributed by atoms with van der Waals surface area (Å²) in [6, 6.07) is 2.94. The second-order valence-corrected chi connectivity index (χ2v) is 5.68. The number of aliphatic hydroxyl groups excluding tert-OH is 1. The summed E-state index contributed by atoms with van der Waals surface area (Å²) < 4.78 is 31.9. The quantitative estimate of drug-likeness (QED) is 0.922. The highest BCUT2D eigenvalue weighted by Crippen LogP contribution is 2.34. The number of aliphatic hydroxyl groups is 1.